The second-order valence-corrected chi connectivity index (χ2v) is 3.59. The van der Waals surface area contributed by atoms with Crippen molar-refractivity contribution in [3.63, 3.8) is 0 Å². The summed E-state index contributed by atoms with van der Waals surface area (Å²) in [5.74, 6) is -1.19. The van der Waals surface area contributed by atoms with Crippen LogP contribution in [0.1, 0.15) is 6.42 Å². The van der Waals surface area contributed by atoms with Gasteiger partial charge in [0, 0.05) is 13.1 Å². The highest BCUT2D eigenvalue weighted by atomic mass is 19.1. The molecule has 0 radical (unpaired) electrons. The Morgan fingerprint density at radius 3 is 3.00 bits per heavy atom. The maximum Gasteiger partial charge on any atom is 0.308 e. The van der Waals surface area contributed by atoms with Crippen LogP contribution in [0.3, 0.4) is 0 Å². The van der Waals surface area contributed by atoms with E-state index in [0.717, 1.165) is 0 Å². The lowest BCUT2D eigenvalue weighted by Crippen LogP contribution is -2.23. The number of rotatable bonds is 2. The van der Waals surface area contributed by atoms with Crippen molar-refractivity contribution in [2.75, 3.05) is 18.0 Å². The first-order valence-corrected chi connectivity index (χ1v) is 4.77. The summed E-state index contributed by atoms with van der Waals surface area (Å²) in [6.07, 6.45) is 0.591. The summed E-state index contributed by atoms with van der Waals surface area (Å²) in [5, 5.41) is 8.81. The number of carbonyl (C=O) groups is 1. The quantitative estimate of drug-likeness (QED) is 0.743. The fraction of sp³-hybridized carbons (Fsp3) is 0.400. The zero-order valence-electron chi connectivity index (χ0n) is 8.06. The smallest absolute Gasteiger partial charge is 0.308 e. The van der Waals surface area contributed by atoms with E-state index in [1.54, 1.807) is 17.0 Å². The number of aliphatic carboxylic acids is 1. The number of hydrogen-bond donors (Lipinski definition) is 1. The predicted octanol–water partition coefficient (Wildman–Crippen LogP) is 1.13. The summed E-state index contributed by atoms with van der Waals surface area (Å²) >= 11 is 0. The van der Waals surface area contributed by atoms with Gasteiger partial charge in [0.15, 0.2) is 0 Å². The number of anilines is 1. The van der Waals surface area contributed by atoms with Gasteiger partial charge in [-0.25, -0.2) is 4.98 Å². The lowest BCUT2D eigenvalue weighted by Gasteiger charge is -2.16. The molecule has 1 aliphatic heterocycles. The third-order valence-corrected chi connectivity index (χ3v) is 2.56. The molecule has 1 fully saturated rings. The van der Waals surface area contributed by atoms with Crippen molar-refractivity contribution in [3.8, 4) is 0 Å². The molecule has 0 spiro atoms. The summed E-state index contributed by atoms with van der Waals surface area (Å²) in [5.41, 5.74) is 0. The molecule has 1 saturated heterocycles. The van der Waals surface area contributed by atoms with E-state index in [0.29, 0.717) is 25.3 Å². The molecule has 2 rings (SSSR count). The van der Waals surface area contributed by atoms with Gasteiger partial charge >= 0.3 is 5.97 Å². The summed E-state index contributed by atoms with van der Waals surface area (Å²) in [4.78, 5) is 16.2. The first-order chi connectivity index (χ1) is 7.16. The number of halogens is 1. The minimum absolute atomic E-state index is 0.366. The van der Waals surface area contributed by atoms with E-state index in [2.05, 4.69) is 4.98 Å². The van der Waals surface area contributed by atoms with Crippen molar-refractivity contribution in [3.05, 3.63) is 24.1 Å². The molecular formula is C10H11FN2O2. The Morgan fingerprint density at radius 2 is 2.40 bits per heavy atom. The SMILES string of the molecule is O=C(O)C1CCN(c2cccc(F)n2)C1. The van der Waals surface area contributed by atoms with E-state index < -0.39 is 11.9 Å². The van der Waals surface area contributed by atoms with Crippen molar-refractivity contribution in [2.24, 2.45) is 5.92 Å². The Kier molecular flexibility index (Phi) is 2.53. The molecule has 5 heteroatoms. The first-order valence-electron chi connectivity index (χ1n) is 4.77. The topological polar surface area (TPSA) is 53.4 Å². The Morgan fingerprint density at radius 1 is 1.60 bits per heavy atom. The Balaban J connectivity index is 2.11. The zero-order chi connectivity index (χ0) is 10.8. The highest BCUT2D eigenvalue weighted by Crippen LogP contribution is 2.22. The van der Waals surface area contributed by atoms with Crippen molar-refractivity contribution in [2.45, 2.75) is 6.42 Å². The molecule has 2 heterocycles. The molecule has 80 valence electrons. The zero-order valence-corrected chi connectivity index (χ0v) is 8.06. The minimum Gasteiger partial charge on any atom is -0.481 e. The van der Waals surface area contributed by atoms with Gasteiger partial charge in [-0.15, -0.1) is 0 Å². The molecule has 1 aromatic heterocycles. The Hall–Kier alpha value is -1.65. The molecule has 1 aliphatic rings. The Labute approximate surface area is 86.4 Å². The number of pyridine rings is 1. The molecule has 15 heavy (non-hydrogen) atoms. The van der Waals surface area contributed by atoms with Crippen molar-refractivity contribution in [1.82, 2.24) is 4.98 Å². The summed E-state index contributed by atoms with van der Waals surface area (Å²) in [7, 11) is 0. The second-order valence-electron chi connectivity index (χ2n) is 3.59. The monoisotopic (exact) mass is 210 g/mol. The molecule has 4 nitrogen and oxygen atoms in total. The molecule has 0 bridgehead atoms. The summed E-state index contributed by atoms with van der Waals surface area (Å²) < 4.78 is 12.8. The standard InChI is InChI=1S/C10H11FN2O2/c11-8-2-1-3-9(12-8)13-5-4-7(6-13)10(14)15/h1-3,7H,4-6H2,(H,14,15). The van der Waals surface area contributed by atoms with Gasteiger partial charge in [-0.2, -0.15) is 4.39 Å². The number of aromatic nitrogens is 1. The van der Waals surface area contributed by atoms with Crippen LogP contribution in [0.4, 0.5) is 10.2 Å². The Bertz CT molecular complexity index is 383. The van der Waals surface area contributed by atoms with Gasteiger partial charge in [-0.05, 0) is 18.6 Å². The van der Waals surface area contributed by atoms with Gasteiger partial charge in [-0.1, -0.05) is 6.07 Å². The molecular weight excluding hydrogens is 199 g/mol. The van der Waals surface area contributed by atoms with Crippen LogP contribution in [0.15, 0.2) is 18.2 Å². The molecule has 0 aliphatic carbocycles. The van der Waals surface area contributed by atoms with E-state index in [-0.39, 0.29) is 5.92 Å². The van der Waals surface area contributed by atoms with Gasteiger partial charge < -0.3 is 10.0 Å². The molecule has 0 saturated carbocycles. The van der Waals surface area contributed by atoms with E-state index in [9.17, 15) is 9.18 Å². The number of hydrogen-bond acceptors (Lipinski definition) is 3. The lowest BCUT2D eigenvalue weighted by atomic mass is 10.1. The van der Waals surface area contributed by atoms with Gasteiger partial charge in [0.05, 0.1) is 5.92 Å². The number of nitrogens with zero attached hydrogens (tertiary/aromatic N) is 2. The fourth-order valence-corrected chi connectivity index (χ4v) is 1.74. The maximum atomic E-state index is 12.8. The van der Waals surface area contributed by atoms with Gasteiger partial charge in [0.2, 0.25) is 5.95 Å². The van der Waals surface area contributed by atoms with Crippen LogP contribution in [0.25, 0.3) is 0 Å². The number of carboxylic acids is 1. The van der Waals surface area contributed by atoms with E-state index in [4.69, 9.17) is 5.11 Å². The molecule has 1 unspecified atom stereocenters. The van der Waals surface area contributed by atoms with Gasteiger partial charge in [0.1, 0.15) is 5.82 Å². The van der Waals surface area contributed by atoms with Crippen LogP contribution < -0.4 is 4.90 Å². The maximum absolute atomic E-state index is 12.8. The highest BCUT2D eigenvalue weighted by molar-refractivity contribution is 5.71. The predicted molar refractivity (Wildman–Crippen MR) is 52.2 cm³/mol. The van der Waals surface area contributed by atoms with Crippen molar-refractivity contribution < 1.29 is 14.3 Å². The van der Waals surface area contributed by atoms with Crippen molar-refractivity contribution in [1.29, 1.82) is 0 Å². The van der Waals surface area contributed by atoms with Gasteiger partial charge in [0.25, 0.3) is 0 Å². The highest BCUT2D eigenvalue weighted by Gasteiger charge is 2.28. The first kappa shape index (κ1) is 9.89. The average molecular weight is 210 g/mol. The summed E-state index contributed by atoms with van der Waals surface area (Å²) in [6, 6.07) is 4.54. The van der Waals surface area contributed by atoms with Crippen LogP contribution in [-0.4, -0.2) is 29.1 Å². The lowest BCUT2D eigenvalue weighted by molar-refractivity contribution is -0.140. The molecule has 1 aromatic rings. The molecule has 1 N–H and O–H groups in total. The van der Waals surface area contributed by atoms with Gasteiger partial charge in [-0.3, -0.25) is 4.79 Å². The van der Waals surface area contributed by atoms with Crippen LogP contribution >= 0.6 is 0 Å². The fourth-order valence-electron chi connectivity index (χ4n) is 1.74. The molecule has 0 amide bonds. The van der Waals surface area contributed by atoms with E-state index >= 15 is 0 Å². The van der Waals surface area contributed by atoms with Crippen LogP contribution in [-0.2, 0) is 4.79 Å². The third-order valence-electron chi connectivity index (χ3n) is 2.56. The van der Waals surface area contributed by atoms with E-state index in [1.807, 2.05) is 0 Å². The van der Waals surface area contributed by atoms with Crippen LogP contribution in [0.2, 0.25) is 0 Å². The summed E-state index contributed by atoms with van der Waals surface area (Å²) in [6.45, 7) is 1.03. The van der Waals surface area contributed by atoms with Crippen LogP contribution in [0, 0.1) is 11.9 Å². The minimum atomic E-state index is -0.797. The third kappa shape index (κ3) is 2.06. The molecule has 0 aromatic carbocycles. The van der Waals surface area contributed by atoms with Crippen molar-refractivity contribution >= 4 is 11.8 Å². The normalized spacial score (nSPS) is 20.6. The number of carboxylic acid groups (broad SMARTS) is 1. The average Bonchev–Trinajstić information content (AvgIpc) is 2.66. The second kappa shape index (κ2) is 3.84. The largest absolute Gasteiger partial charge is 0.481 e. The van der Waals surface area contributed by atoms with E-state index in [1.165, 1.54) is 6.07 Å². The molecule has 1 atom stereocenters. The van der Waals surface area contributed by atoms with Crippen LogP contribution in [0.5, 0.6) is 0 Å².